The number of benzene rings is 1. The Balaban J connectivity index is 2.72. The molecule has 2 atom stereocenters. The Labute approximate surface area is 91.6 Å². The highest BCUT2D eigenvalue weighted by Crippen LogP contribution is 2.25. The van der Waals surface area contributed by atoms with Gasteiger partial charge in [-0.3, -0.25) is 0 Å². The molecular formula is C13H20O2. The lowest BCUT2D eigenvalue weighted by Gasteiger charge is -2.29. The largest absolute Gasteiger partial charge is 0.508 e. The zero-order valence-electron chi connectivity index (χ0n) is 9.70. The Kier molecular flexibility index (Phi) is 3.75. The van der Waals surface area contributed by atoms with Gasteiger partial charge in [-0.05, 0) is 30.5 Å². The van der Waals surface area contributed by atoms with Crippen molar-refractivity contribution in [3.05, 3.63) is 29.8 Å². The van der Waals surface area contributed by atoms with Crippen LogP contribution in [0.2, 0.25) is 0 Å². The second kappa shape index (κ2) is 4.67. The quantitative estimate of drug-likeness (QED) is 0.798. The maximum absolute atomic E-state index is 10.2. The average molecular weight is 208 g/mol. The van der Waals surface area contributed by atoms with Gasteiger partial charge in [-0.25, -0.2) is 0 Å². The first-order chi connectivity index (χ1) is 6.95. The van der Waals surface area contributed by atoms with E-state index in [1.165, 1.54) is 0 Å². The molecule has 0 aliphatic heterocycles. The summed E-state index contributed by atoms with van der Waals surface area (Å²) in [6, 6.07) is 7.02. The molecule has 2 nitrogen and oxygen atoms in total. The Morgan fingerprint density at radius 1 is 1.27 bits per heavy atom. The van der Waals surface area contributed by atoms with Crippen molar-refractivity contribution in [3.63, 3.8) is 0 Å². The van der Waals surface area contributed by atoms with Crippen molar-refractivity contribution in [1.29, 1.82) is 0 Å². The first-order valence-electron chi connectivity index (χ1n) is 5.46. The molecule has 0 spiro atoms. The lowest BCUT2D eigenvalue weighted by Crippen LogP contribution is -2.34. The molecule has 0 heterocycles. The Morgan fingerprint density at radius 2 is 1.80 bits per heavy atom. The smallest absolute Gasteiger partial charge is 0.115 e. The van der Waals surface area contributed by atoms with Gasteiger partial charge < -0.3 is 10.2 Å². The van der Waals surface area contributed by atoms with Gasteiger partial charge in [-0.15, -0.1) is 0 Å². The summed E-state index contributed by atoms with van der Waals surface area (Å²) in [4.78, 5) is 0. The van der Waals surface area contributed by atoms with E-state index in [0.717, 1.165) is 12.0 Å². The molecule has 0 aromatic heterocycles. The highest BCUT2D eigenvalue weighted by atomic mass is 16.3. The number of hydrogen-bond donors (Lipinski definition) is 2. The molecule has 0 saturated carbocycles. The van der Waals surface area contributed by atoms with Crippen LogP contribution < -0.4 is 0 Å². The van der Waals surface area contributed by atoms with Gasteiger partial charge in [0.25, 0.3) is 0 Å². The van der Waals surface area contributed by atoms with E-state index in [2.05, 4.69) is 13.8 Å². The highest BCUT2D eigenvalue weighted by Gasteiger charge is 2.26. The van der Waals surface area contributed by atoms with E-state index < -0.39 is 5.60 Å². The molecule has 15 heavy (non-hydrogen) atoms. The van der Waals surface area contributed by atoms with E-state index in [4.69, 9.17) is 5.11 Å². The lowest BCUT2D eigenvalue weighted by molar-refractivity contribution is 0.00516. The molecule has 1 aromatic carbocycles. The number of rotatable bonds is 4. The summed E-state index contributed by atoms with van der Waals surface area (Å²) in [5, 5.41) is 19.4. The van der Waals surface area contributed by atoms with E-state index in [-0.39, 0.29) is 11.7 Å². The zero-order chi connectivity index (χ0) is 11.5. The maximum Gasteiger partial charge on any atom is 0.115 e. The van der Waals surface area contributed by atoms with Crippen LogP contribution in [0.25, 0.3) is 0 Å². The van der Waals surface area contributed by atoms with E-state index >= 15 is 0 Å². The normalized spacial score (nSPS) is 17.1. The van der Waals surface area contributed by atoms with Gasteiger partial charge in [0.2, 0.25) is 0 Å². The SMILES string of the molecule is CCC(C)C(C)(O)Cc1ccc(O)cc1. The fourth-order valence-electron chi connectivity index (χ4n) is 1.64. The summed E-state index contributed by atoms with van der Waals surface area (Å²) in [7, 11) is 0. The molecule has 0 radical (unpaired) electrons. The van der Waals surface area contributed by atoms with E-state index in [9.17, 15) is 5.11 Å². The highest BCUT2D eigenvalue weighted by molar-refractivity contribution is 5.26. The van der Waals surface area contributed by atoms with Gasteiger partial charge in [-0.1, -0.05) is 32.4 Å². The van der Waals surface area contributed by atoms with Crippen LogP contribution in [0.5, 0.6) is 5.75 Å². The van der Waals surface area contributed by atoms with Crippen LogP contribution >= 0.6 is 0 Å². The third-order valence-electron chi connectivity index (χ3n) is 3.17. The number of aliphatic hydroxyl groups is 1. The summed E-state index contributed by atoms with van der Waals surface area (Å²) in [6.07, 6.45) is 1.59. The molecular weight excluding hydrogens is 188 g/mol. The van der Waals surface area contributed by atoms with Crippen LogP contribution in [0.3, 0.4) is 0 Å². The van der Waals surface area contributed by atoms with Crippen LogP contribution in [-0.4, -0.2) is 15.8 Å². The fraction of sp³-hybridized carbons (Fsp3) is 0.538. The molecule has 1 aromatic rings. The Bertz CT molecular complexity index is 301. The number of phenolic OH excluding ortho intramolecular Hbond substituents is 1. The van der Waals surface area contributed by atoms with E-state index in [0.29, 0.717) is 6.42 Å². The van der Waals surface area contributed by atoms with Crippen molar-refractivity contribution >= 4 is 0 Å². The number of phenols is 1. The average Bonchev–Trinajstić information content (AvgIpc) is 2.20. The van der Waals surface area contributed by atoms with Crippen LogP contribution in [-0.2, 0) is 6.42 Å². The van der Waals surface area contributed by atoms with Crippen LogP contribution in [0, 0.1) is 5.92 Å². The molecule has 0 saturated heterocycles. The van der Waals surface area contributed by atoms with Crippen molar-refractivity contribution in [2.24, 2.45) is 5.92 Å². The van der Waals surface area contributed by atoms with Gasteiger partial charge in [0.1, 0.15) is 5.75 Å². The molecule has 2 unspecified atom stereocenters. The second-order valence-corrected chi connectivity index (χ2v) is 4.51. The van der Waals surface area contributed by atoms with E-state index in [1.54, 1.807) is 12.1 Å². The topological polar surface area (TPSA) is 40.5 Å². The van der Waals surface area contributed by atoms with Crippen molar-refractivity contribution < 1.29 is 10.2 Å². The second-order valence-electron chi connectivity index (χ2n) is 4.51. The van der Waals surface area contributed by atoms with Gasteiger partial charge >= 0.3 is 0 Å². The first kappa shape index (κ1) is 12.1. The van der Waals surface area contributed by atoms with Gasteiger partial charge in [-0.2, -0.15) is 0 Å². The summed E-state index contributed by atoms with van der Waals surface area (Å²) in [5.41, 5.74) is 0.379. The van der Waals surface area contributed by atoms with Crippen molar-refractivity contribution in [2.75, 3.05) is 0 Å². The van der Waals surface area contributed by atoms with Crippen LogP contribution in [0.1, 0.15) is 32.8 Å². The monoisotopic (exact) mass is 208 g/mol. The van der Waals surface area contributed by atoms with Crippen molar-refractivity contribution in [1.82, 2.24) is 0 Å². The molecule has 1 rings (SSSR count). The van der Waals surface area contributed by atoms with Crippen molar-refractivity contribution in [3.8, 4) is 5.75 Å². The molecule has 84 valence electrons. The fourth-order valence-corrected chi connectivity index (χ4v) is 1.64. The standard InChI is InChI=1S/C13H20O2/c1-4-10(2)13(3,15)9-11-5-7-12(14)8-6-11/h5-8,10,14-15H,4,9H2,1-3H3. The minimum atomic E-state index is -0.675. The number of hydrogen-bond acceptors (Lipinski definition) is 2. The molecule has 0 aliphatic rings. The number of aromatic hydroxyl groups is 1. The third-order valence-corrected chi connectivity index (χ3v) is 3.17. The van der Waals surface area contributed by atoms with Gasteiger partial charge in [0, 0.05) is 6.42 Å². The first-order valence-corrected chi connectivity index (χ1v) is 5.46. The summed E-state index contributed by atoms with van der Waals surface area (Å²) in [5.74, 6) is 0.535. The van der Waals surface area contributed by atoms with E-state index in [1.807, 2.05) is 19.1 Å². The minimum absolute atomic E-state index is 0.266. The minimum Gasteiger partial charge on any atom is -0.508 e. The van der Waals surface area contributed by atoms with Crippen LogP contribution in [0.15, 0.2) is 24.3 Å². The van der Waals surface area contributed by atoms with Gasteiger partial charge in [0.05, 0.1) is 5.60 Å². The summed E-state index contributed by atoms with van der Waals surface area (Å²) in [6.45, 7) is 6.00. The maximum atomic E-state index is 10.2. The van der Waals surface area contributed by atoms with Gasteiger partial charge in [0.15, 0.2) is 0 Å². The van der Waals surface area contributed by atoms with Crippen molar-refractivity contribution in [2.45, 2.75) is 39.2 Å². The predicted molar refractivity (Wildman–Crippen MR) is 61.9 cm³/mol. The Hall–Kier alpha value is -1.02. The summed E-state index contributed by atoms with van der Waals surface area (Å²) >= 11 is 0. The van der Waals surface area contributed by atoms with Crippen LogP contribution in [0.4, 0.5) is 0 Å². The molecule has 0 fully saturated rings. The summed E-state index contributed by atoms with van der Waals surface area (Å²) < 4.78 is 0. The Morgan fingerprint density at radius 3 is 2.27 bits per heavy atom. The molecule has 0 aliphatic carbocycles. The molecule has 2 heteroatoms. The lowest BCUT2D eigenvalue weighted by atomic mass is 9.83. The molecule has 0 amide bonds. The predicted octanol–water partition coefficient (Wildman–Crippen LogP) is 2.73. The molecule has 0 bridgehead atoms. The zero-order valence-corrected chi connectivity index (χ0v) is 9.70. The molecule has 2 N–H and O–H groups in total. The third kappa shape index (κ3) is 3.24.